The first kappa shape index (κ1) is 34.2. The first-order chi connectivity index (χ1) is 21.0. The number of hydrogen-bond acceptors (Lipinski definition) is 6. The number of aliphatic imine (C=N–C) groups is 2. The number of nitrogens with one attached hydrogen (secondary N) is 4. The fourth-order valence-corrected chi connectivity index (χ4v) is 4.40. The van der Waals surface area contributed by atoms with Crippen LogP contribution in [0.5, 0.6) is 0 Å². The molecule has 2 aromatic carbocycles. The Morgan fingerprint density at radius 2 is 1.82 bits per heavy atom. The Morgan fingerprint density at radius 1 is 1.11 bits per heavy atom. The monoisotopic (exact) mass is 605 g/mol. The maximum atomic E-state index is 14.6. The Kier molecular flexibility index (Phi) is 12.4. The molecule has 0 spiro atoms. The van der Waals surface area contributed by atoms with E-state index in [1.165, 1.54) is 25.4 Å². The van der Waals surface area contributed by atoms with E-state index in [2.05, 4.69) is 44.8 Å². The molecular weight excluding hydrogens is 560 g/mol. The molecule has 3 rings (SSSR count). The number of amides is 1. The van der Waals surface area contributed by atoms with Crippen molar-refractivity contribution in [2.45, 2.75) is 71.4 Å². The maximum absolute atomic E-state index is 14.6. The molecule has 8 nitrogen and oxygen atoms in total. The predicted molar refractivity (Wildman–Crippen MR) is 179 cm³/mol. The summed E-state index contributed by atoms with van der Waals surface area (Å²) in [4.78, 5) is 21.9. The summed E-state index contributed by atoms with van der Waals surface area (Å²) >= 11 is 0. The van der Waals surface area contributed by atoms with Gasteiger partial charge in [-0.25, -0.2) is 13.8 Å². The van der Waals surface area contributed by atoms with Gasteiger partial charge in [0.1, 0.15) is 0 Å². The second-order valence-electron chi connectivity index (χ2n) is 11.1. The Labute approximate surface area is 259 Å². The van der Waals surface area contributed by atoms with Gasteiger partial charge < -0.3 is 27.0 Å². The van der Waals surface area contributed by atoms with Crippen molar-refractivity contribution >= 4 is 34.4 Å². The van der Waals surface area contributed by atoms with Crippen LogP contribution in [0.3, 0.4) is 0 Å². The molecular formula is C34H45F2N7O. The summed E-state index contributed by atoms with van der Waals surface area (Å²) in [5, 5.41) is 12.4. The minimum absolute atomic E-state index is 0.0842. The van der Waals surface area contributed by atoms with Gasteiger partial charge in [-0.05, 0) is 82.0 Å². The molecule has 1 aliphatic rings. The van der Waals surface area contributed by atoms with Gasteiger partial charge in [-0.15, -0.1) is 0 Å². The van der Waals surface area contributed by atoms with Crippen molar-refractivity contribution in [1.29, 1.82) is 0 Å². The van der Waals surface area contributed by atoms with Crippen molar-refractivity contribution in [2.24, 2.45) is 15.7 Å². The molecule has 6 N–H and O–H groups in total. The standard InChI is InChI=1S/C34H45F2N7O/c1-7-9-10-28(37)23(4)41-21-34(17-18-34)43-33(44)25-11-13-26(14-12-25)42-32(39-19-8-2)24(5)40-20-22(3)27-15-16-29(38-6)31(36)30(27)35/h8,11-16,19-20,28,38,41H,4,7,9-10,17-18,21,37H2,1-3,5-6H3,(H,39,42)(H,43,44)/b19-8-,22-20+,40-24?. The van der Waals surface area contributed by atoms with Crippen LogP contribution in [0.25, 0.3) is 5.57 Å². The smallest absolute Gasteiger partial charge is 0.251 e. The highest BCUT2D eigenvalue weighted by Crippen LogP contribution is 2.35. The van der Waals surface area contributed by atoms with E-state index < -0.39 is 11.6 Å². The topological polar surface area (TPSA) is 116 Å². The van der Waals surface area contributed by atoms with Gasteiger partial charge in [0.05, 0.1) is 16.9 Å². The van der Waals surface area contributed by atoms with Gasteiger partial charge in [-0.3, -0.25) is 9.79 Å². The molecule has 1 amide bonds. The van der Waals surface area contributed by atoms with E-state index in [9.17, 15) is 13.6 Å². The number of rotatable bonds is 15. The molecule has 0 radical (unpaired) electrons. The molecule has 44 heavy (non-hydrogen) atoms. The number of hydrogen-bond donors (Lipinski definition) is 5. The van der Waals surface area contributed by atoms with Crippen LogP contribution in [0.4, 0.5) is 20.2 Å². The van der Waals surface area contributed by atoms with E-state index in [1.54, 1.807) is 50.4 Å². The van der Waals surface area contributed by atoms with E-state index in [0.717, 1.165) is 37.8 Å². The van der Waals surface area contributed by atoms with Crippen LogP contribution in [0.2, 0.25) is 0 Å². The zero-order valence-corrected chi connectivity index (χ0v) is 26.4. The van der Waals surface area contributed by atoms with Crippen molar-refractivity contribution in [3.05, 3.63) is 89.9 Å². The number of anilines is 2. The summed E-state index contributed by atoms with van der Waals surface area (Å²) in [6.07, 6.45) is 9.69. The van der Waals surface area contributed by atoms with Gasteiger partial charge in [0.25, 0.3) is 5.91 Å². The molecule has 0 bridgehead atoms. The van der Waals surface area contributed by atoms with Crippen LogP contribution in [0, 0.1) is 11.6 Å². The number of nitrogens with two attached hydrogens (primary N) is 1. The summed E-state index contributed by atoms with van der Waals surface area (Å²) in [6, 6.07) is 9.97. The number of nitrogens with zero attached hydrogens (tertiary/aromatic N) is 2. The number of unbranched alkanes of at least 4 members (excludes halogenated alkanes) is 1. The van der Waals surface area contributed by atoms with Gasteiger partial charge in [0.2, 0.25) is 0 Å². The average Bonchev–Trinajstić information content (AvgIpc) is 3.79. The Hall–Kier alpha value is -4.31. The lowest BCUT2D eigenvalue weighted by molar-refractivity contribution is 0.0931. The van der Waals surface area contributed by atoms with E-state index in [4.69, 9.17) is 5.73 Å². The number of halogens is 2. The lowest BCUT2D eigenvalue weighted by Crippen LogP contribution is -2.45. The lowest BCUT2D eigenvalue weighted by Gasteiger charge is -2.22. The quantitative estimate of drug-likeness (QED) is 0.114. The second-order valence-corrected chi connectivity index (χ2v) is 11.1. The molecule has 1 atom stereocenters. The largest absolute Gasteiger partial charge is 0.386 e. The third-order valence-corrected chi connectivity index (χ3v) is 7.54. The van der Waals surface area contributed by atoms with Crippen molar-refractivity contribution < 1.29 is 13.6 Å². The van der Waals surface area contributed by atoms with Crippen LogP contribution >= 0.6 is 0 Å². The Balaban J connectivity index is 1.65. The van der Waals surface area contributed by atoms with Crippen molar-refractivity contribution in [3.63, 3.8) is 0 Å². The molecule has 0 aliphatic heterocycles. The first-order valence-electron chi connectivity index (χ1n) is 15.0. The number of benzene rings is 2. The fourth-order valence-electron chi connectivity index (χ4n) is 4.40. The van der Waals surface area contributed by atoms with Crippen LogP contribution in [0.15, 0.2) is 77.1 Å². The summed E-state index contributed by atoms with van der Waals surface area (Å²) in [5.74, 6) is -1.57. The summed E-state index contributed by atoms with van der Waals surface area (Å²) in [5.41, 5.74) is 9.14. The minimum Gasteiger partial charge on any atom is -0.386 e. The predicted octanol–water partition coefficient (Wildman–Crippen LogP) is 6.76. The van der Waals surface area contributed by atoms with Crippen LogP contribution in [-0.2, 0) is 0 Å². The van der Waals surface area contributed by atoms with Crippen molar-refractivity contribution in [1.82, 2.24) is 10.6 Å². The Morgan fingerprint density at radius 3 is 2.43 bits per heavy atom. The van der Waals surface area contributed by atoms with E-state index >= 15 is 0 Å². The Bertz CT molecular complexity index is 1440. The van der Waals surface area contributed by atoms with Gasteiger partial charge in [0.15, 0.2) is 17.5 Å². The molecule has 2 aromatic rings. The molecule has 236 valence electrons. The SMILES string of the molecule is C=C(NCC1(NC(=O)c2ccc(NC(=N/C=C\C)C(C)=N/C=C(\C)c3ccc(NC)c(F)c3F)cc2)CC1)C(N)CCCC. The second kappa shape index (κ2) is 16.0. The maximum Gasteiger partial charge on any atom is 0.251 e. The van der Waals surface area contributed by atoms with Crippen LogP contribution in [0.1, 0.15) is 75.7 Å². The van der Waals surface area contributed by atoms with E-state index in [-0.39, 0.29) is 28.7 Å². The highest BCUT2D eigenvalue weighted by molar-refractivity contribution is 6.45. The van der Waals surface area contributed by atoms with Gasteiger partial charge in [0, 0.05) is 54.5 Å². The third-order valence-electron chi connectivity index (χ3n) is 7.54. The zero-order valence-electron chi connectivity index (χ0n) is 26.4. The van der Waals surface area contributed by atoms with Gasteiger partial charge in [-0.1, -0.05) is 32.4 Å². The zero-order chi connectivity index (χ0) is 32.3. The number of allylic oxidation sites excluding steroid dienone is 2. The van der Waals surface area contributed by atoms with Crippen LogP contribution < -0.4 is 27.0 Å². The molecule has 10 heteroatoms. The normalized spacial score (nSPS) is 15.6. The molecule has 1 saturated carbocycles. The van der Waals surface area contributed by atoms with E-state index in [1.807, 2.05) is 6.92 Å². The molecule has 0 aromatic heterocycles. The van der Waals surface area contributed by atoms with Gasteiger partial charge >= 0.3 is 0 Å². The molecule has 1 unspecified atom stereocenters. The molecule has 1 fully saturated rings. The van der Waals surface area contributed by atoms with E-state index in [0.29, 0.717) is 34.9 Å². The molecule has 0 saturated heterocycles. The lowest BCUT2D eigenvalue weighted by atomic mass is 10.1. The first-order valence-corrected chi connectivity index (χ1v) is 15.0. The average molecular weight is 606 g/mol. The number of carbonyl (C=O) groups is 1. The number of amidine groups is 1. The summed E-state index contributed by atoms with van der Waals surface area (Å²) in [6.45, 7) is 12.1. The molecule has 1 aliphatic carbocycles. The van der Waals surface area contributed by atoms with Crippen LogP contribution in [-0.4, -0.2) is 42.6 Å². The van der Waals surface area contributed by atoms with Crippen molar-refractivity contribution in [3.8, 4) is 0 Å². The molecule has 0 heterocycles. The summed E-state index contributed by atoms with van der Waals surface area (Å²) in [7, 11) is 1.53. The summed E-state index contributed by atoms with van der Waals surface area (Å²) < 4.78 is 28.8. The highest BCUT2D eigenvalue weighted by Gasteiger charge is 2.44. The van der Waals surface area contributed by atoms with Crippen molar-refractivity contribution in [2.75, 3.05) is 24.2 Å². The third kappa shape index (κ3) is 9.34. The highest BCUT2D eigenvalue weighted by atomic mass is 19.2. The minimum atomic E-state index is -0.940. The number of carbonyl (C=O) groups excluding carboxylic acids is 1. The van der Waals surface area contributed by atoms with Gasteiger partial charge in [-0.2, -0.15) is 0 Å². The fraction of sp³-hybridized carbons (Fsp3) is 0.382.